The van der Waals surface area contributed by atoms with Crippen LogP contribution in [0, 0.1) is 0 Å². The van der Waals surface area contributed by atoms with E-state index in [2.05, 4.69) is 121 Å². The van der Waals surface area contributed by atoms with Gasteiger partial charge in [0.05, 0.1) is 11.4 Å². The van der Waals surface area contributed by atoms with Gasteiger partial charge in [-0.05, 0) is 87.1 Å². The van der Waals surface area contributed by atoms with Crippen LogP contribution in [0.5, 0.6) is 0 Å². The number of hydrogen-bond acceptors (Lipinski definition) is 6. The van der Waals surface area contributed by atoms with E-state index in [9.17, 15) is 9.59 Å². The highest BCUT2D eigenvalue weighted by atomic mass is 16.1. The third kappa shape index (κ3) is 4.68. The molecule has 4 aromatic rings. The fourth-order valence-corrected chi connectivity index (χ4v) is 8.72. The second kappa shape index (κ2) is 12.0. The Morgan fingerprint density at radius 2 is 0.896 bits per heavy atom. The van der Waals surface area contributed by atoms with Crippen molar-refractivity contribution in [3.63, 3.8) is 0 Å². The maximum Gasteiger partial charge on any atom is 0.161 e. The van der Waals surface area contributed by atoms with Gasteiger partial charge >= 0.3 is 0 Å². The van der Waals surface area contributed by atoms with Crippen LogP contribution in [0.25, 0.3) is 10.8 Å². The third-order valence-electron chi connectivity index (χ3n) is 11.2. The van der Waals surface area contributed by atoms with Crippen LogP contribution in [0.4, 0.5) is 22.7 Å². The van der Waals surface area contributed by atoms with E-state index >= 15 is 0 Å². The summed E-state index contributed by atoms with van der Waals surface area (Å²) in [4.78, 5) is 31.4. The Hall–Kier alpha value is -4.84. The molecule has 2 unspecified atom stereocenters. The van der Waals surface area contributed by atoms with Crippen molar-refractivity contribution in [2.24, 2.45) is 0 Å². The molecule has 0 amide bonds. The Labute approximate surface area is 283 Å². The normalized spacial score (nSPS) is 19.5. The number of carbonyl (C=O) groups is 2. The molecule has 2 aliphatic heterocycles. The van der Waals surface area contributed by atoms with Crippen LogP contribution in [-0.2, 0) is 9.59 Å². The van der Waals surface area contributed by atoms with Crippen LogP contribution in [0.2, 0.25) is 0 Å². The van der Waals surface area contributed by atoms with Gasteiger partial charge < -0.3 is 20.4 Å². The van der Waals surface area contributed by atoms with Gasteiger partial charge in [-0.25, -0.2) is 0 Å². The molecule has 0 radical (unpaired) electrons. The first-order valence-electron chi connectivity index (χ1n) is 17.8. The summed E-state index contributed by atoms with van der Waals surface area (Å²) in [6.45, 7) is 12.6. The van der Waals surface area contributed by atoms with Crippen LogP contribution < -0.4 is 20.4 Å². The number of ketones is 2. The smallest absolute Gasteiger partial charge is 0.161 e. The molecule has 0 aromatic heterocycles. The molecule has 6 nitrogen and oxygen atoms in total. The molecule has 0 bridgehead atoms. The average Bonchev–Trinajstić information content (AvgIpc) is 3.69. The highest BCUT2D eigenvalue weighted by molar-refractivity contribution is 6.11. The first-order chi connectivity index (χ1) is 23.4. The lowest BCUT2D eigenvalue weighted by Crippen LogP contribution is -2.23. The fourth-order valence-electron chi connectivity index (χ4n) is 8.72. The van der Waals surface area contributed by atoms with Gasteiger partial charge in [-0.15, -0.1) is 0 Å². The van der Waals surface area contributed by atoms with Crippen LogP contribution in [0.15, 0.2) is 95.3 Å². The SMILES string of the molecule is CCN(CC)c1ccc(C2C3=C(CCC3=O)Nc3c2ccc2c4c(ccc32)C(c2ccc(N(CC)CC)cc2)C2=C(CCC2=O)N4)cc1. The van der Waals surface area contributed by atoms with Gasteiger partial charge in [0, 0.05) is 95.5 Å². The van der Waals surface area contributed by atoms with Crippen molar-refractivity contribution < 1.29 is 9.59 Å². The molecule has 6 heteroatoms. The molecule has 2 heterocycles. The lowest BCUT2D eigenvalue weighted by atomic mass is 9.77. The Kier molecular flexibility index (Phi) is 7.62. The van der Waals surface area contributed by atoms with E-state index in [1.54, 1.807) is 0 Å². The summed E-state index contributed by atoms with van der Waals surface area (Å²) in [7, 11) is 0. The molecular formula is C42H44N4O2. The number of anilines is 4. The Bertz CT molecular complexity index is 1870. The van der Waals surface area contributed by atoms with E-state index in [1.807, 2.05) is 0 Å². The predicted octanol–water partition coefficient (Wildman–Crippen LogP) is 8.88. The standard InChI is InChI=1S/C42H44N4O2/c1-5-45(6-2)27-13-9-25(10-14-27)37-31-19-17-30-29(41(31)43-33-21-23-35(47)39(33)37)18-20-32-38(40-34(44-42(30)32)22-24-36(40)48)26-11-15-28(16-12-26)46(7-3)8-4/h9-20,37-38,43-44H,5-8,21-24H2,1-4H3. The van der Waals surface area contributed by atoms with Gasteiger partial charge in [-0.1, -0.05) is 48.5 Å². The topological polar surface area (TPSA) is 64.7 Å². The van der Waals surface area contributed by atoms with E-state index in [0.29, 0.717) is 12.8 Å². The van der Waals surface area contributed by atoms with E-state index in [0.717, 1.165) is 106 Å². The number of carbonyl (C=O) groups excluding carboxylic acids is 2. The molecule has 2 N–H and O–H groups in total. The van der Waals surface area contributed by atoms with Crippen molar-refractivity contribution in [2.75, 3.05) is 46.6 Å². The zero-order chi connectivity index (χ0) is 33.1. The Balaban J connectivity index is 1.25. The third-order valence-corrected chi connectivity index (χ3v) is 11.2. The van der Waals surface area contributed by atoms with Crippen molar-refractivity contribution >= 4 is 45.1 Å². The van der Waals surface area contributed by atoms with Gasteiger partial charge in [0.25, 0.3) is 0 Å². The zero-order valence-corrected chi connectivity index (χ0v) is 28.5. The summed E-state index contributed by atoms with van der Waals surface area (Å²) < 4.78 is 0. The Morgan fingerprint density at radius 1 is 0.521 bits per heavy atom. The van der Waals surface area contributed by atoms with Crippen LogP contribution in [-0.4, -0.2) is 37.7 Å². The second-order valence-corrected chi connectivity index (χ2v) is 13.4. The Morgan fingerprint density at radius 3 is 1.25 bits per heavy atom. The molecule has 0 saturated carbocycles. The number of benzene rings is 4. The minimum absolute atomic E-state index is 0.107. The minimum Gasteiger partial charge on any atom is -0.372 e. The molecule has 2 atom stereocenters. The van der Waals surface area contributed by atoms with Gasteiger partial charge in [0.15, 0.2) is 11.6 Å². The lowest BCUT2D eigenvalue weighted by molar-refractivity contribution is -0.115. The highest BCUT2D eigenvalue weighted by Crippen LogP contribution is 2.53. The van der Waals surface area contributed by atoms with Gasteiger partial charge in [-0.2, -0.15) is 0 Å². The molecule has 0 saturated heterocycles. The quantitative estimate of drug-likeness (QED) is 0.201. The van der Waals surface area contributed by atoms with Crippen molar-refractivity contribution in [1.29, 1.82) is 0 Å². The second-order valence-electron chi connectivity index (χ2n) is 13.4. The fraction of sp³-hybridized carbons (Fsp3) is 0.333. The molecule has 244 valence electrons. The summed E-state index contributed by atoms with van der Waals surface area (Å²) in [5, 5.41) is 9.80. The minimum atomic E-state index is -0.107. The highest BCUT2D eigenvalue weighted by Gasteiger charge is 2.40. The number of allylic oxidation sites excluding steroid dienone is 4. The number of fused-ring (bicyclic) bond motifs is 5. The zero-order valence-electron chi connectivity index (χ0n) is 28.5. The summed E-state index contributed by atoms with van der Waals surface area (Å²) in [6, 6.07) is 26.6. The number of hydrogen-bond donors (Lipinski definition) is 2. The van der Waals surface area contributed by atoms with Gasteiger partial charge in [-0.3, -0.25) is 9.59 Å². The molecule has 4 aromatic carbocycles. The van der Waals surface area contributed by atoms with Crippen molar-refractivity contribution in [3.05, 3.63) is 118 Å². The van der Waals surface area contributed by atoms with Gasteiger partial charge in [0.2, 0.25) is 0 Å². The number of nitrogens with one attached hydrogen (secondary N) is 2. The summed E-state index contributed by atoms with van der Waals surface area (Å²) >= 11 is 0. The molecule has 0 spiro atoms. The molecule has 0 fully saturated rings. The van der Waals surface area contributed by atoms with E-state index in [-0.39, 0.29) is 23.4 Å². The maximum absolute atomic E-state index is 13.4. The number of nitrogens with zero attached hydrogens (tertiary/aromatic N) is 2. The van der Waals surface area contributed by atoms with Crippen LogP contribution in [0.3, 0.4) is 0 Å². The summed E-state index contributed by atoms with van der Waals surface area (Å²) in [5.74, 6) is 0.273. The first kappa shape index (κ1) is 30.5. The van der Waals surface area contributed by atoms with Crippen molar-refractivity contribution in [2.45, 2.75) is 65.2 Å². The average molecular weight is 637 g/mol. The van der Waals surface area contributed by atoms with E-state index < -0.39 is 0 Å². The molecule has 4 aliphatic rings. The van der Waals surface area contributed by atoms with Crippen LogP contribution >= 0.6 is 0 Å². The molecule has 2 aliphatic carbocycles. The lowest BCUT2D eigenvalue weighted by Gasteiger charge is -2.33. The maximum atomic E-state index is 13.4. The van der Waals surface area contributed by atoms with Crippen molar-refractivity contribution in [3.8, 4) is 0 Å². The van der Waals surface area contributed by atoms with Crippen LogP contribution in [0.1, 0.15) is 87.5 Å². The van der Waals surface area contributed by atoms with E-state index in [4.69, 9.17) is 0 Å². The van der Waals surface area contributed by atoms with Crippen molar-refractivity contribution in [1.82, 2.24) is 0 Å². The largest absolute Gasteiger partial charge is 0.372 e. The number of Topliss-reactive ketones (excluding diaryl/α,β-unsaturated/α-hetero) is 2. The predicted molar refractivity (Wildman–Crippen MR) is 197 cm³/mol. The van der Waals surface area contributed by atoms with Gasteiger partial charge in [0.1, 0.15) is 0 Å². The summed E-state index contributed by atoms with van der Waals surface area (Å²) in [5.41, 5.74) is 13.1. The summed E-state index contributed by atoms with van der Waals surface area (Å²) in [6.07, 6.45) is 2.58. The number of rotatable bonds is 8. The molecule has 48 heavy (non-hydrogen) atoms. The van der Waals surface area contributed by atoms with E-state index in [1.165, 1.54) is 11.4 Å². The first-order valence-corrected chi connectivity index (χ1v) is 17.8. The molecular weight excluding hydrogens is 592 g/mol. The monoisotopic (exact) mass is 636 g/mol. The molecule has 8 rings (SSSR count).